The fourth-order valence-corrected chi connectivity index (χ4v) is 3.16. The van der Waals surface area contributed by atoms with Crippen LogP contribution in [0.15, 0.2) is 28.8 Å². The zero-order chi connectivity index (χ0) is 18.8. The van der Waals surface area contributed by atoms with Gasteiger partial charge >= 0.3 is 0 Å². The number of amides is 2. The predicted octanol–water partition coefficient (Wildman–Crippen LogP) is 2.51. The van der Waals surface area contributed by atoms with E-state index in [0.717, 1.165) is 5.69 Å². The molecule has 26 heavy (non-hydrogen) atoms. The Morgan fingerprint density at radius 1 is 1.35 bits per heavy atom. The first-order valence-electron chi connectivity index (χ1n) is 8.79. The van der Waals surface area contributed by atoms with Crippen molar-refractivity contribution in [1.29, 1.82) is 0 Å². The lowest BCUT2D eigenvalue weighted by Gasteiger charge is -2.20. The van der Waals surface area contributed by atoms with Gasteiger partial charge in [0.15, 0.2) is 5.82 Å². The van der Waals surface area contributed by atoms with Crippen LogP contribution in [0.2, 0.25) is 0 Å². The molecule has 138 valence electrons. The Hall–Kier alpha value is -2.70. The van der Waals surface area contributed by atoms with Gasteiger partial charge in [0.05, 0.1) is 12.5 Å². The summed E-state index contributed by atoms with van der Waals surface area (Å²) in [6.45, 7) is 6.63. The average molecular weight is 356 g/mol. The molecule has 2 aromatic rings. The summed E-state index contributed by atoms with van der Waals surface area (Å²) < 4.78 is 5.06. The largest absolute Gasteiger partial charge is 0.337 e. The normalized spacial score (nSPS) is 17.2. The van der Waals surface area contributed by atoms with Crippen LogP contribution in [0.1, 0.15) is 43.5 Å². The van der Waals surface area contributed by atoms with Gasteiger partial charge in [-0.25, -0.2) is 0 Å². The molecule has 1 aromatic carbocycles. The third-order valence-corrected chi connectivity index (χ3v) is 4.66. The molecule has 1 saturated heterocycles. The van der Waals surface area contributed by atoms with Crippen molar-refractivity contribution in [2.24, 2.45) is 5.92 Å². The maximum atomic E-state index is 12.7. The van der Waals surface area contributed by atoms with Gasteiger partial charge in [0, 0.05) is 25.7 Å². The van der Waals surface area contributed by atoms with Gasteiger partial charge in [-0.15, -0.1) is 0 Å². The zero-order valence-electron chi connectivity index (χ0n) is 15.6. The summed E-state index contributed by atoms with van der Waals surface area (Å²) in [6, 6.07) is 7.97. The van der Waals surface area contributed by atoms with Gasteiger partial charge in [0.2, 0.25) is 17.7 Å². The molecular weight excluding hydrogens is 332 g/mol. The summed E-state index contributed by atoms with van der Waals surface area (Å²) in [7, 11) is 1.69. The highest BCUT2D eigenvalue weighted by Gasteiger charge is 2.36. The lowest BCUT2D eigenvalue weighted by molar-refractivity contribution is -0.135. The Morgan fingerprint density at radius 3 is 2.62 bits per heavy atom. The first-order chi connectivity index (χ1) is 12.3. The Labute approximate surface area is 153 Å². The molecule has 0 radical (unpaired) electrons. The summed E-state index contributed by atoms with van der Waals surface area (Å²) in [5, 5.41) is 3.72. The van der Waals surface area contributed by atoms with E-state index in [0.29, 0.717) is 24.2 Å². The monoisotopic (exact) mass is 356 g/mol. The molecule has 1 atom stereocenters. The minimum absolute atomic E-state index is 0.0253. The first kappa shape index (κ1) is 18.1. The Balaban J connectivity index is 1.65. The Kier molecular flexibility index (Phi) is 5.06. The highest BCUT2D eigenvalue weighted by Crippen LogP contribution is 2.28. The fraction of sp³-hybridized carbons (Fsp3) is 0.474. The summed E-state index contributed by atoms with van der Waals surface area (Å²) >= 11 is 0. The summed E-state index contributed by atoms with van der Waals surface area (Å²) in [5.41, 5.74) is 2.06. The van der Waals surface area contributed by atoms with Crippen LogP contribution >= 0.6 is 0 Å². The number of nitrogens with zero attached hydrogens (tertiary/aromatic N) is 4. The van der Waals surface area contributed by atoms with E-state index in [9.17, 15) is 9.59 Å². The average Bonchev–Trinajstić information content (AvgIpc) is 3.19. The molecule has 0 saturated carbocycles. The fourth-order valence-electron chi connectivity index (χ4n) is 3.16. The van der Waals surface area contributed by atoms with Crippen molar-refractivity contribution in [2.45, 2.75) is 39.7 Å². The summed E-state index contributed by atoms with van der Waals surface area (Å²) in [6.07, 6.45) is 0.220. The predicted molar refractivity (Wildman–Crippen MR) is 96.5 cm³/mol. The Morgan fingerprint density at radius 2 is 2.04 bits per heavy atom. The maximum Gasteiger partial charge on any atom is 0.246 e. The number of benzene rings is 1. The molecular formula is C19H24N4O3. The second-order valence-electron chi connectivity index (χ2n) is 7.08. The molecule has 2 amide bonds. The molecule has 0 unspecified atom stereocenters. The van der Waals surface area contributed by atoms with Crippen molar-refractivity contribution in [3.05, 3.63) is 41.5 Å². The SMILES string of the molecule is Cc1noc(CN(C)C(=O)[C@@H]2CC(=O)N(c3ccc(C(C)C)cc3)C2)n1. The quantitative estimate of drug-likeness (QED) is 0.822. The number of aromatic nitrogens is 2. The molecule has 2 heterocycles. The smallest absolute Gasteiger partial charge is 0.246 e. The number of aryl methyl sites for hydroxylation is 1. The van der Waals surface area contributed by atoms with Crippen LogP contribution in [0.5, 0.6) is 0 Å². The van der Waals surface area contributed by atoms with E-state index in [1.165, 1.54) is 10.5 Å². The van der Waals surface area contributed by atoms with Crippen molar-refractivity contribution < 1.29 is 14.1 Å². The van der Waals surface area contributed by atoms with Crippen LogP contribution in [-0.2, 0) is 16.1 Å². The molecule has 0 aliphatic carbocycles. The van der Waals surface area contributed by atoms with E-state index in [1.54, 1.807) is 18.9 Å². The number of hydrogen-bond acceptors (Lipinski definition) is 5. The molecule has 1 fully saturated rings. The van der Waals surface area contributed by atoms with Gasteiger partial charge in [-0.2, -0.15) is 4.98 Å². The molecule has 3 rings (SSSR count). The lowest BCUT2D eigenvalue weighted by Crippen LogP contribution is -2.34. The van der Waals surface area contributed by atoms with E-state index in [-0.39, 0.29) is 30.7 Å². The molecule has 1 aromatic heterocycles. The van der Waals surface area contributed by atoms with Crippen molar-refractivity contribution in [3.63, 3.8) is 0 Å². The van der Waals surface area contributed by atoms with E-state index in [1.807, 2.05) is 24.3 Å². The second-order valence-corrected chi connectivity index (χ2v) is 7.08. The van der Waals surface area contributed by atoms with E-state index < -0.39 is 0 Å². The van der Waals surface area contributed by atoms with Crippen LogP contribution in [0, 0.1) is 12.8 Å². The van der Waals surface area contributed by atoms with Gasteiger partial charge < -0.3 is 14.3 Å². The maximum absolute atomic E-state index is 12.7. The van der Waals surface area contributed by atoms with E-state index in [4.69, 9.17) is 4.52 Å². The molecule has 0 spiro atoms. The highest BCUT2D eigenvalue weighted by atomic mass is 16.5. The Bertz CT molecular complexity index is 797. The van der Waals surface area contributed by atoms with Gasteiger partial charge in [-0.05, 0) is 30.5 Å². The first-order valence-corrected chi connectivity index (χ1v) is 8.79. The molecule has 1 aliphatic heterocycles. The number of hydrogen-bond donors (Lipinski definition) is 0. The summed E-state index contributed by atoms with van der Waals surface area (Å²) in [5.74, 6) is 0.894. The van der Waals surface area contributed by atoms with Crippen molar-refractivity contribution >= 4 is 17.5 Å². The van der Waals surface area contributed by atoms with Gasteiger partial charge in [-0.3, -0.25) is 9.59 Å². The number of carbonyl (C=O) groups is 2. The van der Waals surface area contributed by atoms with Gasteiger partial charge in [0.1, 0.15) is 0 Å². The van der Waals surface area contributed by atoms with Crippen LogP contribution < -0.4 is 4.90 Å². The van der Waals surface area contributed by atoms with Crippen molar-refractivity contribution in [3.8, 4) is 0 Å². The number of rotatable bonds is 5. The van der Waals surface area contributed by atoms with Crippen molar-refractivity contribution in [2.75, 3.05) is 18.5 Å². The molecule has 0 N–H and O–H groups in total. The van der Waals surface area contributed by atoms with Crippen LogP contribution in [0.3, 0.4) is 0 Å². The highest BCUT2D eigenvalue weighted by molar-refractivity contribution is 6.00. The lowest BCUT2D eigenvalue weighted by atomic mass is 10.0. The molecule has 1 aliphatic rings. The van der Waals surface area contributed by atoms with Crippen LogP contribution in [0.4, 0.5) is 5.69 Å². The van der Waals surface area contributed by atoms with E-state index in [2.05, 4.69) is 24.0 Å². The number of anilines is 1. The third kappa shape index (κ3) is 3.76. The standard InChI is InChI=1S/C19H24N4O3/c1-12(2)14-5-7-16(8-6-14)23-10-15(9-18(23)24)19(25)22(4)11-17-20-13(3)21-26-17/h5-8,12,15H,9-11H2,1-4H3/t15-/m1/s1. The van der Waals surface area contributed by atoms with Crippen LogP contribution in [-0.4, -0.2) is 40.4 Å². The van der Waals surface area contributed by atoms with Crippen molar-refractivity contribution in [1.82, 2.24) is 15.0 Å². The third-order valence-electron chi connectivity index (χ3n) is 4.66. The summed E-state index contributed by atoms with van der Waals surface area (Å²) in [4.78, 5) is 32.4. The van der Waals surface area contributed by atoms with Gasteiger partial charge in [0.25, 0.3) is 0 Å². The molecule has 0 bridgehead atoms. The van der Waals surface area contributed by atoms with E-state index >= 15 is 0 Å². The molecule has 7 heteroatoms. The van der Waals surface area contributed by atoms with Crippen LogP contribution in [0.25, 0.3) is 0 Å². The topological polar surface area (TPSA) is 79.5 Å². The molecule has 7 nitrogen and oxygen atoms in total. The minimum atomic E-state index is -0.360. The number of carbonyl (C=O) groups excluding carboxylic acids is 2. The van der Waals surface area contributed by atoms with Gasteiger partial charge in [-0.1, -0.05) is 31.1 Å². The second kappa shape index (κ2) is 7.27. The zero-order valence-corrected chi connectivity index (χ0v) is 15.6. The minimum Gasteiger partial charge on any atom is -0.337 e.